The van der Waals surface area contributed by atoms with E-state index in [1.165, 1.54) is 5.56 Å². The number of aryl methyl sites for hydroxylation is 1. The van der Waals surface area contributed by atoms with Crippen LogP contribution in [0.3, 0.4) is 0 Å². The lowest BCUT2D eigenvalue weighted by Crippen LogP contribution is -2.46. The lowest BCUT2D eigenvalue weighted by atomic mass is 9.96. The molecule has 1 aliphatic heterocycles. The van der Waals surface area contributed by atoms with Gasteiger partial charge in [0.15, 0.2) is 0 Å². The molecule has 1 saturated heterocycles. The second-order valence-corrected chi connectivity index (χ2v) is 5.85. The van der Waals surface area contributed by atoms with Gasteiger partial charge in [-0.2, -0.15) is 0 Å². The van der Waals surface area contributed by atoms with Gasteiger partial charge in [-0.25, -0.2) is 0 Å². The summed E-state index contributed by atoms with van der Waals surface area (Å²) in [5, 5.41) is 13.6. The average Bonchev–Trinajstić information content (AvgIpc) is 2.85. The van der Waals surface area contributed by atoms with E-state index in [-0.39, 0.29) is 12.5 Å². The number of fused-ring (bicyclic) bond motifs is 1. The number of amides is 1. The largest absolute Gasteiger partial charge is 0.383 e. The molecule has 1 atom stereocenters. The van der Waals surface area contributed by atoms with Gasteiger partial charge < -0.3 is 15.2 Å². The molecule has 0 bridgehead atoms. The first-order valence-electron chi connectivity index (χ1n) is 7.55. The molecule has 5 nitrogen and oxygen atoms in total. The minimum atomic E-state index is -0.919. The molecule has 0 spiro atoms. The summed E-state index contributed by atoms with van der Waals surface area (Å²) in [6, 6.07) is 7.92. The number of benzene rings is 1. The van der Waals surface area contributed by atoms with Crippen molar-refractivity contribution < 1.29 is 14.6 Å². The maximum Gasteiger partial charge on any atom is 0.234 e. The van der Waals surface area contributed by atoms with Crippen molar-refractivity contribution in [3.63, 3.8) is 0 Å². The molecule has 21 heavy (non-hydrogen) atoms. The molecule has 1 aromatic carbocycles. The van der Waals surface area contributed by atoms with Gasteiger partial charge in [0.1, 0.15) is 5.60 Å². The topological polar surface area (TPSA) is 61.8 Å². The summed E-state index contributed by atoms with van der Waals surface area (Å²) in [6.07, 6.45) is 1.54. The van der Waals surface area contributed by atoms with E-state index < -0.39 is 5.60 Å². The van der Waals surface area contributed by atoms with E-state index >= 15 is 0 Å². The Labute approximate surface area is 124 Å². The minimum absolute atomic E-state index is 0.0327. The Balaban J connectivity index is 1.54. The Morgan fingerprint density at radius 2 is 2.10 bits per heavy atom. The molecule has 0 radical (unpaired) electrons. The third kappa shape index (κ3) is 3.26. The summed E-state index contributed by atoms with van der Waals surface area (Å²) in [5.74, 6) is -0.0327. The first-order valence-corrected chi connectivity index (χ1v) is 7.55. The molecule has 1 unspecified atom stereocenters. The van der Waals surface area contributed by atoms with E-state index in [4.69, 9.17) is 4.74 Å². The fourth-order valence-electron chi connectivity index (χ4n) is 3.12. The third-order valence-corrected chi connectivity index (χ3v) is 4.38. The second kappa shape index (κ2) is 6.13. The number of carbonyl (C=O) groups excluding carboxylic acids is 1. The summed E-state index contributed by atoms with van der Waals surface area (Å²) < 4.78 is 5.26. The van der Waals surface area contributed by atoms with Gasteiger partial charge in [-0.05, 0) is 24.0 Å². The van der Waals surface area contributed by atoms with E-state index in [0.29, 0.717) is 26.2 Å². The Morgan fingerprint density at radius 1 is 1.33 bits per heavy atom. The summed E-state index contributed by atoms with van der Waals surface area (Å²) >= 11 is 0. The molecule has 1 heterocycles. The van der Waals surface area contributed by atoms with Crippen LogP contribution in [0.1, 0.15) is 17.5 Å². The van der Waals surface area contributed by atoms with Gasteiger partial charge in [0.25, 0.3) is 0 Å². The van der Waals surface area contributed by atoms with Crippen LogP contribution in [0, 0.1) is 0 Å². The van der Waals surface area contributed by atoms with Crippen molar-refractivity contribution in [2.75, 3.05) is 39.4 Å². The van der Waals surface area contributed by atoms with E-state index in [0.717, 1.165) is 25.1 Å². The molecule has 2 aliphatic rings. The van der Waals surface area contributed by atoms with Crippen molar-refractivity contribution in [3.8, 4) is 0 Å². The number of nitrogens with one attached hydrogen (secondary N) is 1. The number of carbonyl (C=O) groups is 1. The molecule has 1 amide bonds. The van der Waals surface area contributed by atoms with Crippen molar-refractivity contribution >= 4 is 5.91 Å². The van der Waals surface area contributed by atoms with Gasteiger partial charge in [0, 0.05) is 13.1 Å². The lowest BCUT2D eigenvalue weighted by molar-refractivity contribution is -0.124. The number of nitrogens with zero attached hydrogens (tertiary/aromatic N) is 1. The highest BCUT2D eigenvalue weighted by atomic mass is 16.5. The molecule has 114 valence electrons. The second-order valence-electron chi connectivity index (χ2n) is 5.85. The van der Waals surface area contributed by atoms with Gasteiger partial charge >= 0.3 is 0 Å². The molecule has 0 aromatic heterocycles. The van der Waals surface area contributed by atoms with Crippen LogP contribution >= 0.6 is 0 Å². The van der Waals surface area contributed by atoms with Crippen LogP contribution in [0.5, 0.6) is 0 Å². The van der Waals surface area contributed by atoms with Crippen molar-refractivity contribution in [2.24, 2.45) is 0 Å². The van der Waals surface area contributed by atoms with Crippen LogP contribution in [0.4, 0.5) is 0 Å². The smallest absolute Gasteiger partial charge is 0.234 e. The Kier molecular flexibility index (Phi) is 4.24. The molecule has 1 aromatic rings. The highest BCUT2D eigenvalue weighted by Crippen LogP contribution is 2.36. The highest BCUT2D eigenvalue weighted by molar-refractivity contribution is 5.78. The molecule has 1 fully saturated rings. The highest BCUT2D eigenvalue weighted by Gasteiger charge is 2.36. The molecule has 0 saturated carbocycles. The number of ether oxygens (including phenoxy) is 1. The van der Waals surface area contributed by atoms with Crippen LogP contribution in [0.25, 0.3) is 0 Å². The quantitative estimate of drug-likeness (QED) is 0.835. The van der Waals surface area contributed by atoms with Crippen molar-refractivity contribution in [2.45, 2.75) is 18.4 Å². The zero-order valence-corrected chi connectivity index (χ0v) is 12.2. The van der Waals surface area contributed by atoms with Gasteiger partial charge in [-0.3, -0.25) is 9.69 Å². The van der Waals surface area contributed by atoms with Gasteiger partial charge in [-0.1, -0.05) is 24.3 Å². The van der Waals surface area contributed by atoms with Crippen LogP contribution < -0.4 is 5.32 Å². The molecule has 2 N–H and O–H groups in total. The zero-order chi connectivity index (χ0) is 14.7. The van der Waals surface area contributed by atoms with E-state index in [2.05, 4.69) is 10.2 Å². The molecule has 3 rings (SSSR count). The number of hydrogen-bond donors (Lipinski definition) is 2. The summed E-state index contributed by atoms with van der Waals surface area (Å²) in [5.41, 5.74) is 1.22. The predicted octanol–water partition coefficient (Wildman–Crippen LogP) is 0.269. The maximum atomic E-state index is 12.0. The standard InChI is InChI=1S/C16H22N2O3/c19-15(11-18-7-9-21-10-8-18)17-12-16(20)6-5-13-3-1-2-4-14(13)16/h1-4,20H,5-12H2,(H,17,19). The van der Waals surface area contributed by atoms with Gasteiger partial charge in [0.05, 0.1) is 26.3 Å². The minimum Gasteiger partial charge on any atom is -0.383 e. The monoisotopic (exact) mass is 290 g/mol. The lowest BCUT2D eigenvalue weighted by Gasteiger charge is -2.28. The van der Waals surface area contributed by atoms with Crippen LogP contribution in [-0.2, 0) is 21.6 Å². The molecule has 5 heteroatoms. The number of aliphatic hydroxyl groups is 1. The average molecular weight is 290 g/mol. The van der Waals surface area contributed by atoms with E-state index in [9.17, 15) is 9.90 Å². The molecular weight excluding hydrogens is 268 g/mol. The molecule has 1 aliphatic carbocycles. The van der Waals surface area contributed by atoms with E-state index in [1.807, 2.05) is 24.3 Å². The first-order chi connectivity index (χ1) is 10.2. The van der Waals surface area contributed by atoms with Crippen LogP contribution in [0.15, 0.2) is 24.3 Å². The first kappa shape index (κ1) is 14.5. The maximum absolute atomic E-state index is 12.0. The Bertz CT molecular complexity index is 514. The Hall–Kier alpha value is -1.43. The van der Waals surface area contributed by atoms with Crippen LogP contribution in [0.2, 0.25) is 0 Å². The van der Waals surface area contributed by atoms with Crippen molar-refractivity contribution in [3.05, 3.63) is 35.4 Å². The van der Waals surface area contributed by atoms with Gasteiger partial charge in [-0.15, -0.1) is 0 Å². The molecular formula is C16H22N2O3. The zero-order valence-electron chi connectivity index (χ0n) is 12.2. The fourth-order valence-corrected chi connectivity index (χ4v) is 3.12. The fraction of sp³-hybridized carbons (Fsp3) is 0.562. The summed E-state index contributed by atoms with van der Waals surface area (Å²) in [7, 11) is 0. The number of morpholine rings is 1. The third-order valence-electron chi connectivity index (χ3n) is 4.38. The van der Waals surface area contributed by atoms with Crippen LogP contribution in [-0.4, -0.2) is 55.3 Å². The predicted molar refractivity (Wildman–Crippen MR) is 78.9 cm³/mol. The SMILES string of the molecule is O=C(CN1CCOCC1)NCC1(O)CCc2ccccc21. The van der Waals surface area contributed by atoms with Crippen molar-refractivity contribution in [1.29, 1.82) is 0 Å². The summed E-state index contributed by atoms with van der Waals surface area (Å²) in [4.78, 5) is 14.1. The van der Waals surface area contributed by atoms with Gasteiger partial charge in [0.2, 0.25) is 5.91 Å². The van der Waals surface area contributed by atoms with E-state index in [1.54, 1.807) is 0 Å². The number of rotatable bonds is 4. The number of hydrogen-bond acceptors (Lipinski definition) is 4. The van der Waals surface area contributed by atoms with Crippen molar-refractivity contribution in [1.82, 2.24) is 10.2 Å². The normalized spacial score (nSPS) is 25.6. The Morgan fingerprint density at radius 3 is 2.90 bits per heavy atom. The summed E-state index contributed by atoms with van der Waals surface area (Å²) in [6.45, 7) is 3.62.